The first-order valence-corrected chi connectivity index (χ1v) is 6.81. The summed E-state index contributed by atoms with van der Waals surface area (Å²) in [7, 11) is 1.42. The van der Waals surface area contributed by atoms with Crippen LogP contribution in [0.2, 0.25) is 0 Å². The molecule has 0 amide bonds. The second-order valence-corrected chi connectivity index (χ2v) is 5.43. The van der Waals surface area contributed by atoms with Crippen molar-refractivity contribution in [2.75, 3.05) is 7.11 Å². The standard InChI is InChI=1S/C13H8Br2FNO2/c1-19-11-3-2-8(16)5-9(11)13(18)12-10(15)4-7(14)6-17-12/h2-6H,1H3. The summed E-state index contributed by atoms with van der Waals surface area (Å²) in [6, 6.07) is 5.48. The maximum atomic E-state index is 13.3. The molecule has 2 rings (SSSR count). The van der Waals surface area contributed by atoms with Crippen LogP contribution in [0.5, 0.6) is 5.75 Å². The van der Waals surface area contributed by atoms with Gasteiger partial charge in [0.05, 0.1) is 12.7 Å². The third-order valence-corrected chi connectivity index (χ3v) is 3.47. The number of methoxy groups -OCH3 is 1. The second kappa shape index (κ2) is 5.79. The van der Waals surface area contributed by atoms with Crippen molar-refractivity contribution >= 4 is 37.6 Å². The number of rotatable bonds is 3. The largest absolute Gasteiger partial charge is 0.496 e. The van der Waals surface area contributed by atoms with Crippen molar-refractivity contribution in [1.29, 1.82) is 0 Å². The van der Waals surface area contributed by atoms with Crippen molar-refractivity contribution in [2.24, 2.45) is 0 Å². The highest BCUT2D eigenvalue weighted by Crippen LogP contribution is 2.26. The zero-order valence-electron chi connectivity index (χ0n) is 9.78. The van der Waals surface area contributed by atoms with Gasteiger partial charge in [-0.1, -0.05) is 0 Å². The zero-order chi connectivity index (χ0) is 14.0. The van der Waals surface area contributed by atoms with Gasteiger partial charge < -0.3 is 4.74 Å². The Balaban J connectivity index is 2.52. The molecule has 0 aliphatic heterocycles. The van der Waals surface area contributed by atoms with Crippen LogP contribution in [0.3, 0.4) is 0 Å². The molecule has 2 aromatic rings. The van der Waals surface area contributed by atoms with Crippen LogP contribution in [0, 0.1) is 5.82 Å². The van der Waals surface area contributed by atoms with E-state index in [2.05, 4.69) is 36.8 Å². The Hall–Kier alpha value is -1.27. The number of ketones is 1. The van der Waals surface area contributed by atoms with Crippen molar-refractivity contribution in [1.82, 2.24) is 4.98 Å². The molecule has 98 valence electrons. The van der Waals surface area contributed by atoms with E-state index in [4.69, 9.17) is 4.74 Å². The Morgan fingerprint density at radius 1 is 1.32 bits per heavy atom. The smallest absolute Gasteiger partial charge is 0.216 e. The van der Waals surface area contributed by atoms with Crippen molar-refractivity contribution < 1.29 is 13.9 Å². The fourth-order valence-corrected chi connectivity index (χ4v) is 2.73. The third-order valence-electron chi connectivity index (χ3n) is 2.43. The highest BCUT2D eigenvalue weighted by molar-refractivity contribution is 9.11. The van der Waals surface area contributed by atoms with E-state index in [1.807, 2.05) is 0 Å². The van der Waals surface area contributed by atoms with Crippen LogP contribution in [0.4, 0.5) is 4.39 Å². The predicted molar refractivity (Wildman–Crippen MR) is 76.0 cm³/mol. The average Bonchev–Trinajstić information content (AvgIpc) is 2.38. The van der Waals surface area contributed by atoms with Crippen molar-refractivity contribution in [3.05, 3.63) is 56.5 Å². The van der Waals surface area contributed by atoms with Crippen LogP contribution in [0.15, 0.2) is 39.4 Å². The van der Waals surface area contributed by atoms with E-state index < -0.39 is 11.6 Å². The zero-order valence-corrected chi connectivity index (χ0v) is 13.0. The number of ether oxygens (including phenoxy) is 1. The summed E-state index contributed by atoms with van der Waals surface area (Å²) < 4.78 is 19.6. The van der Waals surface area contributed by atoms with Crippen LogP contribution in [-0.2, 0) is 0 Å². The number of benzene rings is 1. The van der Waals surface area contributed by atoms with Crippen molar-refractivity contribution in [3.63, 3.8) is 0 Å². The van der Waals surface area contributed by atoms with Gasteiger partial charge in [-0.25, -0.2) is 4.39 Å². The molecule has 0 saturated carbocycles. The number of carbonyl (C=O) groups is 1. The van der Waals surface area contributed by atoms with Crippen LogP contribution < -0.4 is 4.74 Å². The molecule has 1 heterocycles. The molecule has 0 aliphatic carbocycles. The van der Waals surface area contributed by atoms with Gasteiger partial charge in [0.1, 0.15) is 17.3 Å². The maximum Gasteiger partial charge on any atom is 0.216 e. The van der Waals surface area contributed by atoms with Crippen LogP contribution in [0.25, 0.3) is 0 Å². The van der Waals surface area contributed by atoms with Gasteiger partial charge in [-0.3, -0.25) is 9.78 Å². The first kappa shape index (κ1) is 14.1. The lowest BCUT2D eigenvalue weighted by atomic mass is 10.1. The summed E-state index contributed by atoms with van der Waals surface area (Å²) in [6.45, 7) is 0. The molecule has 0 saturated heterocycles. The Bertz CT molecular complexity index is 647. The summed E-state index contributed by atoms with van der Waals surface area (Å²) in [4.78, 5) is 16.4. The van der Waals surface area contributed by atoms with Gasteiger partial charge >= 0.3 is 0 Å². The van der Waals surface area contributed by atoms with Gasteiger partial charge in [0.15, 0.2) is 0 Å². The molecule has 1 aromatic heterocycles. The lowest BCUT2D eigenvalue weighted by Gasteiger charge is -2.08. The summed E-state index contributed by atoms with van der Waals surface area (Å²) in [5.74, 6) is -0.601. The van der Waals surface area contributed by atoms with E-state index in [1.165, 1.54) is 25.4 Å². The SMILES string of the molecule is COc1ccc(F)cc1C(=O)c1ncc(Br)cc1Br. The number of hydrogen-bond acceptors (Lipinski definition) is 3. The van der Waals surface area contributed by atoms with Crippen LogP contribution in [0.1, 0.15) is 16.1 Å². The van der Waals surface area contributed by atoms with E-state index >= 15 is 0 Å². The third kappa shape index (κ3) is 3.01. The highest BCUT2D eigenvalue weighted by Gasteiger charge is 2.19. The first-order chi connectivity index (χ1) is 9.02. The minimum atomic E-state index is -0.502. The van der Waals surface area contributed by atoms with Gasteiger partial charge in [-0.2, -0.15) is 0 Å². The number of nitrogens with zero attached hydrogens (tertiary/aromatic N) is 1. The summed E-state index contributed by atoms with van der Waals surface area (Å²) in [6.07, 6.45) is 1.50. The number of halogens is 3. The molecule has 19 heavy (non-hydrogen) atoms. The van der Waals surface area contributed by atoms with E-state index in [-0.39, 0.29) is 11.3 Å². The van der Waals surface area contributed by atoms with Crippen molar-refractivity contribution in [2.45, 2.75) is 0 Å². The van der Waals surface area contributed by atoms with Gasteiger partial charge in [-0.05, 0) is 56.1 Å². The Labute approximate surface area is 126 Å². The number of aromatic nitrogens is 1. The van der Waals surface area contributed by atoms with E-state index in [0.717, 1.165) is 10.5 Å². The van der Waals surface area contributed by atoms with Crippen LogP contribution in [-0.4, -0.2) is 17.9 Å². The molecule has 6 heteroatoms. The molecule has 0 unspecified atom stereocenters. The highest BCUT2D eigenvalue weighted by atomic mass is 79.9. The van der Waals surface area contributed by atoms with Gasteiger partial charge in [0.25, 0.3) is 0 Å². The fraction of sp³-hybridized carbons (Fsp3) is 0.0769. The monoisotopic (exact) mass is 387 g/mol. The number of carbonyl (C=O) groups excluding carboxylic acids is 1. The maximum absolute atomic E-state index is 13.3. The molecule has 0 bridgehead atoms. The van der Waals surface area contributed by atoms with E-state index in [1.54, 1.807) is 6.07 Å². The molecule has 0 atom stereocenters. The van der Waals surface area contributed by atoms with E-state index in [0.29, 0.717) is 10.2 Å². The number of pyridine rings is 1. The average molecular weight is 389 g/mol. The molecular weight excluding hydrogens is 381 g/mol. The van der Waals surface area contributed by atoms with Gasteiger partial charge in [0.2, 0.25) is 5.78 Å². The normalized spacial score (nSPS) is 10.3. The molecule has 0 fully saturated rings. The Morgan fingerprint density at radius 2 is 2.05 bits per heavy atom. The summed E-state index contributed by atoms with van der Waals surface area (Å²) in [5, 5.41) is 0. The lowest BCUT2D eigenvalue weighted by molar-refractivity contribution is 0.103. The fourth-order valence-electron chi connectivity index (χ4n) is 1.57. The first-order valence-electron chi connectivity index (χ1n) is 5.22. The van der Waals surface area contributed by atoms with Gasteiger partial charge in [-0.15, -0.1) is 0 Å². The molecule has 1 aromatic carbocycles. The van der Waals surface area contributed by atoms with Crippen molar-refractivity contribution in [3.8, 4) is 5.75 Å². The molecule has 0 aliphatic rings. The second-order valence-electron chi connectivity index (χ2n) is 3.66. The quantitative estimate of drug-likeness (QED) is 0.746. The molecular formula is C13H8Br2FNO2. The van der Waals surface area contributed by atoms with Gasteiger partial charge in [0, 0.05) is 15.1 Å². The Kier molecular flexibility index (Phi) is 4.31. The minimum Gasteiger partial charge on any atom is -0.496 e. The topological polar surface area (TPSA) is 39.2 Å². The van der Waals surface area contributed by atoms with E-state index in [9.17, 15) is 9.18 Å². The molecule has 0 N–H and O–H groups in total. The summed E-state index contributed by atoms with van der Waals surface area (Å²) >= 11 is 6.52. The van der Waals surface area contributed by atoms with Crippen LogP contribution >= 0.6 is 31.9 Å². The predicted octanol–water partition coefficient (Wildman–Crippen LogP) is 3.99. The minimum absolute atomic E-state index is 0.137. The molecule has 3 nitrogen and oxygen atoms in total. The molecule has 0 spiro atoms. The molecule has 0 radical (unpaired) electrons. The Morgan fingerprint density at radius 3 is 2.68 bits per heavy atom. The number of hydrogen-bond donors (Lipinski definition) is 0. The summed E-state index contributed by atoms with van der Waals surface area (Å²) in [5.41, 5.74) is 0.338. The lowest BCUT2D eigenvalue weighted by Crippen LogP contribution is -2.07.